The van der Waals surface area contributed by atoms with Crippen LogP contribution < -0.4 is 14.8 Å². The quantitative estimate of drug-likeness (QED) is 0.592. The van der Waals surface area contributed by atoms with Crippen LogP contribution in [0.3, 0.4) is 0 Å². The van der Waals surface area contributed by atoms with Crippen molar-refractivity contribution in [2.24, 2.45) is 0 Å². The zero-order valence-corrected chi connectivity index (χ0v) is 16.8. The molecule has 1 amide bonds. The van der Waals surface area contributed by atoms with Crippen molar-refractivity contribution in [3.63, 3.8) is 0 Å². The van der Waals surface area contributed by atoms with Gasteiger partial charge in [0.2, 0.25) is 12.7 Å². The fourth-order valence-corrected chi connectivity index (χ4v) is 3.90. The van der Waals surface area contributed by atoms with Gasteiger partial charge in [0.05, 0.1) is 6.61 Å². The van der Waals surface area contributed by atoms with Gasteiger partial charge in [-0.1, -0.05) is 24.3 Å². The Morgan fingerprint density at radius 2 is 2.03 bits per heavy atom. The van der Waals surface area contributed by atoms with Gasteiger partial charge in [-0.2, -0.15) is 0 Å². The molecule has 1 aliphatic rings. The van der Waals surface area contributed by atoms with Gasteiger partial charge in [-0.25, -0.2) is 0 Å². The molecule has 3 aromatic rings. The molecule has 1 aromatic heterocycles. The van der Waals surface area contributed by atoms with E-state index >= 15 is 0 Å². The second kappa shape index (κ2) is 8.57. The minimum atomic E-state index is -0.0928. The molecule has 0 fully saturated rings. The maximum absolute atomic E-state index is 12.7. The summed E-state index contributed by atoms with van der Waals surface area (Å²) in [6.45, 7) is 4.23. The number of fused-ring (bicyclic) bond motifs is 2. The highest BCUT2D eigenvalue weighted by molar-refractivity contribution is 5.86. The van der Waals surface area contributed by atoms with Crippen molar-refractivity contribution in [3.8, 4) is 11.5 Å². The lowest BCUT2D eigenvalue weighted by Gasteiger charge is -2.18. The average Bonchev–Trinajstić information content (AvgIpc) is 3.36. The van der Waals surface area contributed by atoms with Crippen molar-refractivity contribution in [2.75, 3.05) is 27.1 Å². The van der Waals surface area contributed by atoms with E-state index in [0.29, 0.717) is 19.6 Å². The monoisotopic (exact) mass is 394 g/mol. The molecule has 1 unspecified atom stereocenters. The van der Waals surface area contributed by atoms with Crippen LogP contribution in [0.5, 0.6) is 11.5 Å². The van der Waals surface area contributed by atoms with E-state index in [0.717, 1.165) is 29.2 Å². The van der Waals surface area contributed by atoms with Crippen LogP contribution in [0, 0.1) is 0 Å². The van der Waals surface area contributed by atoms with E-state index in [4.69, 9.17) is 14.2 Å². The number of hydrogen-bond acceptors (Lipinski definition) is 4. The number of aryl methyl sites for hydroxylation is 1. The summed E-state index contributed by atoms with van der Waals surface area (Å²) in [7, 11) is 1.63. The molecule has 1 aliphatic heterocycles. The third-order valence-corrected chi connectivity index (χ3v) is 5.35. The Morgan fingerprint density at radius 1 is 1.21 bits per heavy atom. The molecule has 0 aliphatic carbocycles. The van der Waals surface area contributed by atoms with E-state index < -0.39 is 0 Å². The predicted octanol–water partition coefficient (Wildman–Crippen LogP) is 3.67. The summed E-state index contributed by atoms with van der Waals surface area (Å²) in [6.07, 6.45) is 2.52. The van der Waals surface area contributed by atoms with Crippen molar-refractivity contribution >= 4 is 16.8 Å². The molecule has 1 atom stereocenters. The molecular weight excluding hydrogens is 368 g/mol. The third kappa shape index (κ3) is 3.93. The molecule has 4 rings (SSSR count). The van der Waals surface area contributed by atoms with Crippen LogP contribution in [0.4, 0.5) is 0 Å². The summed E-state index contributed by atoms with van der Waals surface area (Å²) in [5.41, 5.74) is 3.36. The Bertz CT molecular complexity index is 1010. The highest BCUT2D eigenvalue weighted by Gasteiger charge is 2.25. The Labute approximate surface area is 170 Å². The Kier molecular flexibility index (Phi) is 5.71. The van der Waals surface area contributed by atoms with Gasteiger partial charge in [-0.15, -0.1) is 0 Å². The average molecular weight is 394 g/mol. The van der Waals surface area contributed by atoms with Gasteiger partial charge in [0.25, 0.3) is 0 Å². The smallest absolute Gasteiger partial charge is 0.231 e. The fourth-order valence-electron chi connectivity index (χ4n) is 3.90. The summed E-state index contributed by atoms with van der Waals surface area (Å²) in [5.74, 6) is 1.38. The first kappa shape index (κ1) is 19.3. The van der Waals surface area contributed by atoms with E-state index in [-0.39, 0.29) is 18.6 Å². The maximum atomic E-state index is 12.7. The molecule has 152 valence electrons. The van der Waals surface area contributed by atoms with Gasteiger partial charge >= 0.3 is 0 Å². The lowest BCUT2D eigenvalue weighted by Crippen LogP contribution is -2.28. The van der Waals surface area contributed by atoms with Gasteiger partial charge in [-0.3, -0.25) is 4.79 Å². The Hall–Kier alpha value is -2.99. The Balaban J connectivity index is 1.73. The van der Waals surface area contributed by atoms with Crippen molar-refractivity contribution < 1.29 is 19.0 Å². The van der Waals surface area contributed by atoms with E-state index in [1.54, 1.807) is 7.11 Å². The number of nitrogens with one attached hydrogen (secondary N) is 1. The van der Waals surface area contributed by atoms with Crippen molar-refractivity contribution in [1.82, 2.24) is 9.88 Å². The molecule has 0 saturated carbocycles. The van der Waals surface area contributed by atoms with Gasteiger partial charge in [0.1, 0.15) is 0 Å². The SMILES string of the molecule is CCn1cc(C(CC(=O)NCCOC)c2ccc3c(c2)OCO3)c2ccccc21. The van der Waals surface area contributed by atoms with E-state index in [2.05, 4.69) is 35.1 Å². The fraction of sp³-hybridized carbons (Fsp3) is 0.348. The maximum Gasteiger partial charge on any atom is 0.231 e. The normalized spacial score (nSPS) is 13.6. The number of ether oxygens (including phenoxy) is 3. The second-order valence-electron chi connectivity index (χ2n) is 7.10. The molecule has 29 heavy (non-hydrogen) atoms. The molecule has 6 nitrogen and oxygen atoms in total. The predicted molar refractivity (Wildman–Crippen MR) is 112 cm³/mol. The number of nitrogens with zero attached hydrogens (tertiary/aromatic N) is 1. The minimum Gasteiger partial charge on any atom is -0.454 e. The van der Waals surface area contributed by atoms with Crippen LogP contribution in [0.25, 0.3) is 10.9 Å². The molecule has 6 heteroatoms. The molecule has 1 N–H and O–H groups in total. The van der Waals surface area contributed by atoms with Crippen LogP contribution in [-0.2, 0) is 16.1 Å². The molecule has 0 bridgehead atoms. The van der Waals surface area contributed by atoms with Crippen molar-refractivity contribution in [2.45, 2.75) is 25.8 Å². The number of benzene rings is 2. The van der Waals surface area contributed by atoms with Crippen LogP contribution in [0.2, 0.25) is 0 Å². The van der Waals surface area contributed by atoms with Gasteiger partial charge in [-0.05, 0) is 36.2 Å². The molecule has 2 heterocycles. The summed E-state index contributed by atoms with van der Waals surface area (Å²) in [5, 5.41) is 4.12. The second-order valence-corrected chi connectivity index (χ2v) is 7.10. The first-order chi connectivity index (χ1) is 14.2. The number of carbonyl (C=O) groups excluding carboxylic acids is 1. The summed E-state index contributed by atoms with van der Waals surface area (Å²) in [4.78, 5) is 12.7. The van der Waals surface area contributed by atoms with E-state index in [1.165, 1.54) is 10.9 Å². The number of carbonyl (C=O) groups is 1. The number of para-hydroxylation sites is 1. The number of amides is 1. The van der Waals surface area contributed by atoms with Crippen LogP contribution in [0.15, 0.2) is 48.7 Å². The molecular formula is C23H26N2O4. The van der Waals surface area contributed by atoms with Crippen LogP contribution >= 0.6 is 0 Å². The lowest BCUT2D eigenvalue weighted by molar-refractivity contribution is -0.121. The van der Waals surface area contributed by atoms with E-state index in [9.17, 15) is 4.79 Å². The zero-order chi connectivity index (χ0) is 20.2. The van der Waals surface area contributed by atoms with E-state index in [1.807, 2.05) is 30.3 Å². The third-order valence-electron chi connectivity index (χ3n) is 5.35. The van der Waals surface area contributed by atoms with Crippen LogP contribution in [-0.4, -0.2) is 37.5 Å². The van der Waals surface area contributed by atoms with Crippen LogP contribution in [0.1, 0.15) is 30.4 Å². The standard InChI is InChI=1S/C23H26N2O4/c1-3-25-14-19(17-6-4-5-7-20(17)25)18(13-23(26)24-10-11-27-2)16-8-9-21-22(12-16)29-15-28-21/h4-9,12,14,18H,3,10-11,13,15H2,1-2H3,(H,24,26). The number of rotatable bonds is 8. The highest BCUT2D eigenvalue weighted by atomic mass is 16.7. The van der Waals surface area contributed by atoms with Crippen molar-refractivity contribution in [3.05, 3.63) is 59.8 Å². The van der Waals surface area contributed by atoms with Gasteiger partial charge in [0.15, 0.2) is 11.5 Å². The topological polar surface area (TPSA) is 61.7 Å². The Morgan fingerprint density at radius 3 is 2.86 bits per heavy atom. The first-order valence-corrected chi connectivity index (χ1v) is 9.94. The van der Waals surface area contributed by atoms with Gasteiger partial charge < -0.3 is 24.1 Å². The largest absolute Gasteiger partial charge is 0.454 e. The molecule has 2 aromatic carbocycles. The number of methoxy groups -OCH3 is 1. The molecule has 0 saturated heterocycles. The summed E-state index contributed by atoms with van der Waals surface area (Å²) >= 11 is 0. The number of aromatic nitrogens is 1. The lowest BCUT2D eigenvalue weighted by atomic mass is 9.87. The minimum absolute atomic E-state index is 0.00181. The first-order valence-electron chi connectivity index (χ1n) is 9.94. The summed E-state index contributed by atoms with van der Waals surface area (Å²) < 4.78 is 18.3. The summed E-state index contributed by atoms with van der Waals surface area (Å²) in [6, 6.07) is 14.3. The van der Waals surface area contributed by atoms with Gasteiger partial charge in [0, 0.05) is 49.6 Å². The molecule has 0 radical (unpaired) electrons. The molecule has 0 spiro atoms. The zero-order valence-electron chi connectivity index (χ0n) is 16.8. The van der Waals surface area contributed by atoms with Crippen molar-refractivity contribution in [1.29, 1.82) is 0 Å². The highest BCUT2D eigenvalue weighted by Crippen LogP contribution is 2.40. The number of hydrogen-bond donors (Lipinski definition) is 1.